The lowest BCUT2D eigenvalue weighted by atomic mass is 9.82. The standard InChI is InChI=1S/C19H18F3N7O2/c20-19(21,22)16-7-14(4-5-25-16)26-18(30)27-17-10-29(28-31-17)15-3-1-2-12(6-15)13-8-23-11-24-9-13/h4-5,7-12,15H,1-3,6H2,(H-,25,26,27,28,30)/t12-,15-/m0/s1. The highest BCUT2D eigenvalue weighted by molar-refractivity contribution is 6.03. The van der Waals surface area contributed by atoms with Crippen molar-refractivity contribution in [2.24, 2.45) is 0 Å². The van der Waals surface area contributed by atoms with Crippen LogP contribution in [0.2, 0.25) is 0 Å². The molecule has 1 saturated carbocycles. The third-order valence-electron chi connectivity index (χ3n) is 5.06. The summed E-state index contributed by atoms with van der Waals surface area (Å²) in [6.07, 6.45) is 6.67. The molecule has 3 aromatic rings. The third-order valence-corrected chi connectivity index (χ3v) is 5.06. The van der Waals surface area contributed by atoms with Crippen molar-refractivity contribution in [1.82, 2.24) is 20.2 Å². The van der Waals surface area contributed by atoms with Crippen LogP contribution in [0.15, 0.2) is 47.8 Å². The Balaban J connectivity index is 1.37. The van der Waals surface area contributed by atoms with Crippen molar-refractivity contribution in [2.45, 2.75) is 43.8 Å². The van der Waals surface area contributed by atoms with Crippen LogP contribution in [-0.4, -0.2) is 26.3 Å². The maximum atomic E-state index is 12.7. The Hall–Kier alpha value is -3.57. The number of urea groups is 1. The number of aromatic nitrogens is 5. The van der Waals surface area contributed by atoms with E-state index in [1.54, 1.807) is 4.68 Å². The van der Waals surface area contributed by atoms with Gasteiger partial charge in [0, 0.05) is 31.4 Å². The molecular weight excluding hydrogens is 415 g/mol. The van der Waals surface area contributed by atoms with Gasteiger partial charge >= 0.3 is 6.18 Å². The first-order chi connectivity index (χ1) is 14.9. The Bertz CT molecular complexity index is 1040. The van der Waals surface area contributed by atoms with Gasteiger partial charge in [-0.1, -0.05) is 4.68 Å². The van der Waals surface area contributed by atoms with Gasteiger partial charge < -0.3 is 15.2 Å². The summed E-state index contributed by atoms with van der Waals surface area (Å²) in [6, 6.07) is 1.14. The summed E-state index contributed by atoms with van der Waals surface area (Å²) in [5.74, 6) is 0.245. The van der Waals surface area contributed by atoms with Crippen molar-refractivity contribution in [3.8, 4) is 0 Å². The zero-order valence-electron chi connectivity index (χ0n) is 16.2. The van der Waals surface area contributed by atoms with E-state index < -0.39 is 17.9 Å². The summed E-state index contributed by atoms with van der Waals surface area (Å²) in [5, 5.41) is 9.93. The smallest absolute Gasteiger partial charge is 0.424 e. The molecule has 0 bridgehead atoms. The van der Waals surface area contributed by atoms with E-state index in [1.165, 1.54) is 18.6 Å². The largest absolute Gasteiger partial charge is 0.433 e. The average Bonchev–Trinajstić information content (AvgIpc) is 3.22. The first-order valence-electron chi connectivity index (χ1n) is 9.57. The predicted molar refractivity (Wildman–Crippen MR) is 100 cm³/mol. The fraction of sp³-hybridized carbons (Fsp3) is 0.368. The molecule has 3 aromatic heterocycles. The van der Waals surface area contributed by atoms with E-state index in [1.807, 2.05) is 12.4 Å². The summed E-state index contributed by atoms with van der Waals surface area (Å²) < 4.78 is 44.9. The topological polar surface area (TPSA) is 112 Å². The number of rotatable bonds is 4. The number of carbonyl (C=O) groups excluding carboxylic acids is 1. The van der Waals surface area contributed by atoms with E-state index in [2.05, 4.69) is 30.9 Å². The molecule has 1 aliphatic carbocycles. The van der Waals surface area contributed by atoms with Crippen LogP contribution < -0.4 is 10.00 Å². The average molecular weight is 433 g/mol. The predicted octanol–water partition coefficient (Wildman–Crippen LogP) is 4.30. The number of nitrogens with one attached hydrogen (secondary N) is 1. The first-order valence-corrected chi connectivity index (χ1v) is 9.57. The molecule has 0 radical (unpaired) electrons. The van der Waals surface area contributed by atoms with Crippen molar-refractivity contribution in [2.75, 3.05) is 5.32 Å². The molecule has 2 amide bonds. The minimum atomic E-state index is -4.61. The summed E-state index contributed by atoms with van der Waals surface area (Å²) in [5.41, 5.74) is -0.127. The fourth-order valence-corrected chi connectivity index (χ4v) is 3.61. The molecule has 1 N–H and O–H groups in total. The van der Waals surface area contributed by atoms with E-state index >= 15 is 0 Å². The quantitative estimate of drug-likeness (QED) is 0.614. The number of hydrogen-bond acceptors (Lipinski definition) is 6. The van der Waals surface area contributed by atoms with Gasteiger partial charge in [-0.3, -0.25) is 9.78 Å². The minimum Gasteiger partial charge on any atom is -0.424 e. The van der Waals surface area contributed by atoms with Crippen molar-refractivity contribution >= 4 is 17.6 Å². The van der Waals surface area contributed by atoms with E-state index in [4.69, 9.17) is 4.52 Å². The summed E-state index contributed by atoms with van der Waals surface area (Å²) in [6.45, 7) is 0. The van der Waals surface area contributed by atoms with E-state index in [-0.39, 0.29) is 17.6 Å². The van der Waals surface area contributed by atoms with Crippen LogP contribution in [0.3, 0.4) is 0 Å². The summed E-state index contributed by atoms with van der Waals surface area (Å²) >= 11 is 0. The van der Waals surface area contributed by atoms with Gasteiger partial charge in [-0.2, -0.15) is 13.2 Å². The van der Waals surface area contributed by atoms with Gasteiger partial charge in [0.05, 0.1) is 0 Å². The lowest BCUT2D eigenvalue weighted by Gasteiger charge is -2.23. The number of nitrogens with zero attached hydrogens (tertiary/aromatic N) is 6. The number of amides is 2. The number of halogens is 3. The number of carbonyl (C=O) groups is 1. The Labute approximate surface area is 174 Å². The van der Waals surface area contributed by atoms with Crippen LogP contribution in [0.25, 0.3) is 5.32 Å². The van der Waals surface area contributed by atoms with Gasteiger partial charge in [0.1, 0.15) is 12.0 Å². The second kappa shape index (κ2) is 8.66. The normalized spacial score (nSPS) is 19.1. The van der Waals surface area contributed by atoms with Gasteiger partial charge in [0.15, 0.2) is 17.3 Å². The molecule has 0 aromatic carbocycles. The van der Waals surface area contributed by atoms with Crippen LogP contribution in [-0.2, 0) is 6.18 Å². The maximum absolute atomic E-state index is 12.7. The lowest BCUT2D eigenvalue weighted by molar-refractivity contribution is -0.787. The highest BCUT2D eigenvalue weighted by Crippen LogP contribution is 2.36. The van der Waals surface area contributed by atoms with Crippen molar-refractivity contribution in [1.29, 1.82) is 0 Å². The van der Waals surface area contributed by atoms with Gasteiger partial charge in [-0.05, 0) is 42.1 Å². The van der Waals surface area contributed by atoms with Crippen molar-refractivity contribution in [3.05, 3.63) is 59.8 Å². The molecule has 1 fully saturated rings. The van der Waals surface area contributed by atoms with Crippen LogP contribution in [0.1, 0.15) is 48.9 Å². The van der Waals surface area contributed by atoms with Gasteiger partial charge in [-0.15, -0.1) is 0 Å². The zero-order valence-corrected chi connectivity index (χ0v) is 16.2. The van der Waals surface area contributed by atoms with Crippen molar-refractivity contribution in [3.63, 3.8) is 0 Å². The SMILES string of the molecule is O=C([N-]c1c[n+]([C@H]2CCC[C@H](c3cncnc3)C2)no1)Nc1ccnc(C(F)(F)F)c1. The van der Waals surface area contributed by atoms with Crippen molar-refractivity contribution < 1.29 is 27.2 Å². The highest BCUT2D eigenvalue weighted by Gasteiger charge is 2.33. The molecule has 31 heavy (non-hydrogen) atoms. The van der Waals surface area contributed by atoms with Gasteiger partial charge in [0.2, 0.25) is 12.1 Å². The first kappa shape index (κ1) is 20.7. The molecule has 0 spiro atoms. The molecule has 4 rings (SSSR count). The molecule has 3 heterocycles. The number of hydrogen-bond donors (Lipinski definition) is 1. The Morgan fingerprint density at radius 1 is 1.26 bits per heavy atom. The molecule has 9 nitrogen and oxygen atoms in total. The zero-order chi connectivity index (χ0) is 21.8. The summed E-state index contributed by atoms with van der Waals surface area (Å²) in [7, 11) is 0. The number of alkyl halides is 3. The Morgan fingerprint density at radius 3 is 2.84 bits per heavy atom. The summed E-state index contributed by atoms with van der Waals surface area (Å²) in [4.78, 5) is 23.5. The van der Waals surface area contributed by atoms with Crippen LogP contribution in [0, 0.1) is 0 Å². The lowest BCUT2D eigenvalue weighted by Crippen LogP contribution is -2.42. The van der Waals surface area contributed by atoms with Crippen LogP contribution in [0.4, 0.5) is 29.5 Å². The highest BCUT2D eigenvalue weighted by atomic mass is 19.4. The second-order valence-corrected chi connectivity index (χ2v) is 7.18. The van der Waals surface area contributed by atoms with E-state index in [0.29, 0.717) is 5.92 Å². The monoisotopic (exact) mass is 433 g/mol. The number of anilines is 1. The van der Waals surface area contributed by atoms with Gasteiger partial charge in [0.25, 0.3) is 0 Å². The molecule has 0 saturated heterocycles. The molecule has 162 valence electrons. The molecule has 0 unspecified atom stereocenters. The molecule has 12 heteroatoms. The van der Waals surface area contributed by atoms with E-state index in [0.717, 1.165) is 43.5 Å². The fourth-order valence-electron chi connectivity index (χ4n) is 3.61. The molecule has 0 aliphatic heterocycles. The van der Waals surface area contributed by atoms with E-state index in [9.17, 15) is 18.0 Å². The Morgan fingerprint density at radius 2 is 2.06 bits per heavy atom. The van der Waals surface area contributed by atoms with Crippen LogP contribution in [0.5, 0.6) is 0 Å². The molecule has 2 atom stereocenters. The molecule has 1 aliphatic rings. The maximum Gasteiger partial charge on any atom is 0.433 e. The van der Waals surface area contributed by atoms with Crippen LogP contribution >= 0.6 is 0 Å². The Kier molecular flexibility index (Phi) is 5.78. The minimum absolute atomic E-state index is 0.0484. The number of pyridine rings is 1. The molecular formula is C19H18F3N7O2. The van der Waals surface area contributed by atoms with Gasteiger partial charge in [-0.25, -0.2) is 9.97 Å². The second-order valence-electron chi connectivity index (χ2n) is 7.18. The third kappa shape index (κ3) is 5.13.